The van der Waals surface area contributed by atoms with E-state index in [4.69, 9.17) is 5.11 Å². The number of hydrogen-bond donors (Lipinski definition) is 1. The molecule has 25 heavy (non-hydrogen) atoms. The molecule has 2 atom stereocenters. The number of carbonyl (C=O) groups excluding carboxylic acids is 1. The maximum atomic E-state index is 12.7. The van der Waals surface area contributed by atoms with Crippen LogP contribution in [-0.4, -0.2) is 39.9 Å². The fraction of sp³-hybridized carbons (Fsp3) is 0.467. The lowest BCUT2D eigenvalue weighted by Crippen LogP contribution is -2.45. The third-order valence-corrected chi connectivity index (χ3v) is 4.05. The number of aliphatic carboxylic acids is 1. The molecule has 10 heteroatoms. The summed E-state index contributed by atoms with van der Waals surface area (Å²) in [6.45, 7) is 1.77. The molecule has 1 saturated heterocycles. The monoisotopic (exact) mass is 360 g/mol. The molecule has 1 aliphatic heterocycles. The molecule has 1 aliphatic rings. The van der Waals surface area contributed by atoms with Crippen LogP contribution in [0.3, 0.4) is 0 Å². The Bertz CT molecular complexity index is 720. The van der Waals surface area contributed by atoms with Gasteiger partial charge in [0.25, 0.3) is 11.6 Å². The van der Waals surface area contributed by atoms with Crippen molar-refractivity contribution < 1.29 is 32.8 Å². The molecule has 0 aliphatic carbocycles. The summed E-state index contributed by atoms with van der Waals surface area (Å²) in [6.07, 6.45) is -4.42. The fourth-order valence-electron chi connectivity index (χ4n) is 2.91. The Kier molecular flexibility index (Phi) is 5.00. The van der Waals surface area contributed by atoms with Crippen LogP contribution in [0.25, 0.3) is 0 Å². The minimum Gasteiger partial charge on any atom is -0.481 e. The molecular formula is C15H15F3N2O5. The third kappa shape index (κ3) is 4.06. The molecule has 1 aromatic rings. The number of nitro benzene ring substituents is 1. The highest BCUT2D eigenvalue weighted by molar-refractivity contribution is 5.98. The minimum absolute atomic E-state index is 0.142. The van der Waals surface area contributed by atoms with Gasteiger partial charge in [0, 0.05) is 19.2 Å². The number of carboxylic acids is 1. The van der Waals surface area contributed by atoms with E-state index in [0.29, 0.717) is 18.6 Å². The summed E-state index contributed by atoms with van der Waals surface area (Å²) in [7, 11) is 0. The molecule has 7 nitrogen and oxygen atoms in total. The van der Waals surface area contributed by atoms with Gasteiger partial charge in [0.15, 0.2) is 0 Å². The molecule has 0 saturated carbocycles. The van der Waals surface area contributed by atoms with Crippen LogP contribution in [0.1, 0.15) is 29.3 Å². The SMILES string of the molecule is CC1CC(C(=O)O)CN(C(=O)c2ccc(C(F)(F)F)cc2[N+](=O)[O-])C1. The van der Waals surface area contributed by atoms with Gasteiger partial charge in [-0.1, -0.05) is 6.92 Å². The molecule has 1 N–H and O–H groups in total. The zero-order chi connectivity index (χ0) is 18.9. The van der Waals surface area contributed by atoms with Crippen LogP contribution < -0.4 is 0 Å². The summed E-state index contributed by atoms with van der Waals surface area (Å²) < 4.78 is 38.2. The van der Waals surface area contributed by atoms with E-state index in [1.807, 2.05) is 0 Å². The number of rotatable bonds is 3. The zero-order valence-corrected chi connectivity index (χ0v) is 13.1. The smallest absolute Gasteiger partial charge is 0.416 e. The number of likely N-dealkylation sites (tertiary alicyclic amines) is 1. The summed E-state index contributed by atoms with van der Waals surface area (Å²) >= 11 is 0. The number of nitro groups is 1. The standard InChI is InChI=1S/C15H15F3N2O5/c1-8-4-9(14(22)23)7-19(6-8)13(21)11-3-2-10(15(16,17)18)5-12(11)20(24)25/h2-3,5,8-9H,4,6-7H2,1H3,(H,22,23). The maximum Gasteiger partial charge on any atom is 0.416 e. The number of nitrogens with zero attached hydrogens (tertiary/aromatic N) is 2. The van der Waals surface area contributed by atoms with Crippen LogP contribution >= 0.6 is 0 Å². The minimum atomic E-state index is -4.78. The van der Waals surface area contributed by atoms with Crippen molar-refractivity contribution in [2.24, 2.45) is 11.8 Å². The number of carboxylic acid groups (broad SMARTS) is 1. The van der Waals surface area contributed by atoms with Crippen LogP contribution in [0, 0.1) is 22.0 Å². The molecule has 2 rings (SSSR count). The first-order valence-corrected chi connectivity index (χ1v) is 7.38. The van der Waals surface area contributed by atoms with E-state index in [9.17, 15) is 32.9 Å². The molecule has 136 valence electrons. The van der Waals surface area contributed by atoms with Crippen molar-refractivity contribution in [1.29, 1.82) is 0 Å². The summed E-state index contributed by atoms with van der Waals surface area (Å²) in [5, 5.41) is 20.2. The van der Waals surface area contributed by atoms with E-state index in [1.54, 1.807) is 6.92 Å². The lowest BCUT2D eigenvalue weighted by molar-refractivity contribution is -0.385. The average Bonchev–Trinajstić information content (AvgIpc) is 2.52. The molecule has 0 bridgehead atoms. The second-order valence-corrected chi connectivity index (χ2v) is 6.07. The molecule has 0 aromatic heterocycles. The molecule has 0 spiro atoms. The first-order valence-electron chi connectivity index (χ1n) is 7.38. The van der Waals surface area contributed by atoms with E-state index in [-0.39, 0.29) is 19.0 Å². The summed E-state index contributed by atoms with van der Waals surface area (Å²) in [5.74, 6) is -2.90. The van der Waals surface area contributed by atoms with E-state index in [1.165, 1.54) is 0 Å². The highest BCUT2D eigenvalue weighted by Crippen LogP contribution is 2.34. The Balaban J connectivity index is 2.38. The van der Waals surface area contributed by atoms with Crippen LogP contribution in [0.15, 0.2) is 18.2 Å². The van der Waals surface area contributed by atoms with Crippen LogP contribution in [0.4, 0.5) is 18.9 Å². The van der Waals surface area contributed by atoms with E-state index < -0.39 is 45.7 Å². The van der Waals surface area contributed by atoms with Crippen molar-refractivity contribution in [2.45, 2.75) is 19.5 Å². The van der Waals surface area contributed by atoms with Crippen molar-refractivity contribution in [3.63, 3.8) is 0 Å². The molecule has 1 fully saturated rings. The van der Waals surface area contributed by atoms with Crippen LogP contribution in [-0.2, 0) is 11.0 Å². The number of piperidine rings is 1. The summed E-state index contributed by atoms with van der Waals surface area (Å²) in [4.78, 5) is 34.9. The lowest BCUT2D eigenvalue weighted by atomic mass is 9.90. The second kappa shape index (κ2) is 6.69. The van der Waals surface area contributed by atoms with Crippen LogP contribution in [0.5, 0.6) is 0 Å². The van der Waals surface area contributed by atoms with E-state index in [2.05, 4.69) is 0 Å². The number of amides is 1. The number of hydrogen-bond acceptors (Lipinski definition) is 4. The predicted molar refractivity (Wildman–Crippen MR) is 78.9 cm³/mol. The topological polar surface area (TPSA) is 101 Å². The van der Waals surface area contributed by atoms with Gasteiger partial charge in [-0.05, 0) is 24.5 Å². The molecule has 1 heterocycles. The molecule has 2 unspecified atom stereocenters. The average molecular weight is 360 g/mol. The summed E-state index contributed by atoms with van der Waals surface area (Å²) in [6, 6.07) is 1.68. The van der Waals surface area contributed by atoms with Gasteiger partial charge in [-0.2, -0.15) is 13.2 Å². The van der Waals surface area contributed by atoms with Gasteiger partial charge in [-0.15, -0.1) is 0 Å². The molecule has 1 aromatic carbocycles. The van der Waals surface area contributed by atoms with Gasteiger partial charge in [0.1, 0.15) is 5.56 Å². The van der Waals surface area contributed by atoms with Crippen molar-refractivity contribution in [1.82, 2.24) is 4.90 Å². The number of halogens is 3. The molecule has 1 amide bonds. The highest BCUT2D eigenvalue weighted by atomic mass is 19.4. The van der Waals surface area contributed by atoms with Crippen molar-refractivity contribution in [2.75, 3.05) is 13.1 Å². The highest BCUT2D eigenvalue weighted by Gasteiger charge is 2.37. The van der Waals surface area contributed by atoms with Gasteiger partial charge in [0.05, 0.1) is 16.4 Å². The largest absolute Gasteiger partial charge is 0.481 e. The number of carbonyl (C=O) groups is 2. The normalized spacial score (nSPS) is 21.0. The van der Waals surface area contributed by atoms with Gasteiger partial charge >= 0.3 is 12.1 Å². The van der Waals surface area contributed by atoms with Gasteiger partial charge in [-0.25, -0.2) is 0 Å². The van der Waals surface area contributed by atoms with Gasteiger partial charge < -0.3 is 10.0 Å². The van der Waals surface area contributed by atoms with Crippen LogP contribution in [0.2, 0.25) is 0 Å². The lowest BCUT2D eigenvalue weighted by Gasteiger charge is -2.34. The fourth-order valence-corrected chi connectivity index (χ4v) is 2.91. The van der Waals surface area contributed by atoms with Crippen molar-refractivity contribution in [3.05, 3.63) is 39.4 Å². The van der Waals surface area contributed by atoms with E-state index >= 15 is 0 Å². The first kappa shape index (κ1) is 18.7. The quantitative estimate of drug-likeness (QED) is 0.660. The Hall–Kier alpha value is -2.65. The molecular weight excluding hydrogens is 345 g/mol. The predicted octanol–water partition coefficient (Wildman–Crippen LogP) is 2.80. The van der Waals surface area contributed by atoms with Crippen molar-refractivity contribution >= 4 is 17.6 Å². The van der Waals surface area contributed by atoms with Gasteiger partial charge in [0.2, 0.25) is 0 Å². The Labute approximate surface area is 140 Å². The van der Waals surface area contributed by atoms with Gasteiger partial charge in [-0.3, -0.25) is 19.7 Å². The zero-order valence-electron chi connectivity index (χ0n) is 13.1. The number of benzene rings is 1. The Morgan fingerprint density at radius 2 is 1.96 bits per heavy atom. The Morgan fingerprint density at radius 1 is 1.32 bits per heavy atom. The summed E-state index contributed by atoms with van der Waals surface area (Å²) in [5.41, 5.74) is -2.67. The second-order valence-electron chi connectivity index (χ2n) is 6.07. The number of alkyl halides is 3. The van der Waals surface area contributed by atoms with Crippen molar-refractivity contribution in [3.8, 4) is 0 Å². The Morgan fingerprint density at radius 3 is 2.48 bits per heavy atom. The van der Waals surface area contributed by atoms with E-state index in [0.717, 1.165) is 11.0 Å². The first-order chi connectivity index (χ1) is 11.5. The molecule has 0 radical (unpaired) electrons. The third-order valence-electron chi connectivity index (χ3n) is 4.05. The maximum absolute atomic E-state index is 12.7.